The van der Waals surface area contributed by atoms with Gasteiger partial charge in [-0.05, 0) is 6.42 Å². The molecule has 0 saturated carbocycles. The number of hydrogen-bond acceptors (Lipinski definition) is 2. The predicted molar refractivity (Wildman–Crippen MR) is 60.3 cm³/mol. The van der Waals surface area contributed by atoms with Gasteiger partial charge in [0.2, 0.25) is 5.91 Å². The largest absolute Gasteiger partial charge is 0.356 e. The summed E-state index contributed by atoms with van der Waals surface area (Å²) in [6, 6.07) is 0.461. The molecule has 14 heavy (non-hydrogen) atoms. The van der Waals surface area contributed by atoms with E-state index in [0.29, 0.717) is 12.5 Å². The number of nitrogens with one attached hydrogen (secondary N) is 2. The molecule has 84 valence electrons. The first-order valence-corrected chi connectivity index (χ1v) is 5.67. The van der Waals surface area contributed by atoms with Crippen LogP contribution >= 0.6 is 0 Å². The summed E-state index contributed by atoms with van der Waals surface area (Å²) in [6.07, 6.45) is 4.08. The van der Waals surface area contributed by atoms with Gasteiger partial charge in [0.05, 0.1) is 0 Å². The lowest BCUT2D eigenvalue weighted by Crippen LogP contribution is -2.31. The Morgan fingerprint density at radius 2 is 1.93 bits per heavy atom. The average molecular weight is 200 g/mol. The fourth-order valence-electron chi connectivity index (χ4n) is 1.17. The van der Waals surface area contributed by atoms with Crippen LogP contribution in [-0.2, 0) is 4.79 Å². The van der Waals surface area contributed by atoms with Gasteiger partial charge in [-0.1, -0.05) is 33.6 Å². The van der Waals surface area contributed by atoms with Gasteiger partial charge in [-0.15, -0.1) is 0 Å². The molecular weight excluding hydrogens is 176 g/mol. The van der Waals surface area contributed by atoms with Gasteiger partial charge >= 0.3 is 0 Å². The lowest BCUT2D eigenvalue weighted by atomic mass is 10.2. The maximum atomic E-state index is 11.2. The third kappa shape index (κ3) is 9.52. The topological polar surface area (TPSA) is 41.1 Å². The van der Waals surface area contributed by atoms with Crippen molar-refractivity contribution in [1.29, 1.82) is 0 Å². The zero-order valence-electron chi connectivity index (χ0n) is 9.73. The Bertz CT molecular complexity index is 146. The summed E-state index contributed by atoms with van der Waals surface area (Å²) >= 11 is 0. The SMILES string of the molecule is CCCCCNC(=O)CCNC(C)C. The Hall–Kier alpha value is -0.570. The highest BCUT2D eigenvalue weighted by Gasteiger charge is 2.00. The molecule has 0 atom stereocenters. The van der Waals surface area contributed by atoms with Crippen molar-refractivity contribution in [2.24, 2.45) is 0 Å². The van der Waals surface area contributed by atoms with Crippen LogP contribution in [0.1, 0.15) is 46.5 Å². The summed E-state index contributed by atoms with van der Waals surface area (Å²) in [6.45, 7) is 7.93. The molecule has 0 fully saturated rings. The standard InChI is InChI=1S/C11H24N2O/c1-4-5-6-8-13-11(14)7-9-12-10(2)3/h10,12H,4-9H2,1-3H3,(H,13,14). The summed E-state index contributed by atoms with van der Waals surface area (Å²) in [7, 11) is 0. The van der Waals surface area contributed by atoms with Crippen molar-refractivity contribution in [3.63, 3.8) is 0 Å². The van der Waals surface area contributed by atoms with E-state index in [1.165, 1.54) is 12.8 Å². The Labute approximate surface area is 87.6 Å². The second-order valence-electron chi connectivity index (χ2n) is 3.92. The van der Waals surface area contributed by atoms with E-state index >= 15 is 0 Å². The molecule has 0 aromatic rings. The highest BCUT2D eigenvalue weighted by molar-refractivity contribution is 5.75. The molecule has 0 radical (unpaired) electrons. The molecule has 0 aliphatic rings. The van der Waals surface area contributed by atoms with Crippen molar-refractivity contribution >= 4 is 5.91 Å². The fraction of sp³-hybridized carbons (Fsp3) is 0.909. The van der Waals surface area contributed by atoms with Crippen LogP contribution in [0.15, 0.2) is 0 Å². The molecule has 0 aliphatic heterocycles. The second-order valence-corrected chi connectivity index (χ2v) is 3.92. The van der Waals surface area contributed by atoms with Crippen molar-refractivity contribution < 1.29 is 4.79 Å². The lowest BCUT2D eigenvalue weighted by molar-refractivity contribution is -0.121. The minimum atomic E-state index is 0.161. The molecule has 0 bridgehead atoms. The molecule has 0 aromatic carbocycles. The van der Waals surface area contributed by atoms with Gasteiger partial charge in [0.1, 0.15) is 0 Å². The molecule has 0 aliphatic carbocycles. The third-order valence-corrected chi connectivity index (χ3v) is 2.01. The summed E-state index contributed by atoms with van der Waals surface area (Å²) in [5.41, 5.74) is 0. The van der Waals surface area contributed by atoms with Gasteiger partial charge in [-0.3, -0.25) is 4.79 Å². The molecule has 0 rings (SSSR count). The van der Waals surface area contributed by atoms with Gasteiger partial charge in [-0.25, -0.2) is 0 Å². The number of carbonyl (C=O) groups is 1. The smallest absolute Gasteiger partial charge is 0.221 e. The van der Waals surface area contributed by atoms with Crippen molar-refractivity contribution in [2.45, 2.75) is 52.5 Å². The molecule has 1 amide bonds. The van der Waals surface area contributed by atoms with E-state index in [-0.39, 0.29) is 5.91 Å². The molecule has 0 unspecified atom stereocenters. The zero-order chi connectivity index (χ0) is 10.8. The summed E-state index contributed by atoms with van der Waals surface area (Å²) in [5.74, 6) is 0.161. The van der Waals surface area contributed by atoms with Crippen LogP contribution in [0.5, 0.6) is 0 Å². The van der Waals surface area contributed by atoms with E-state index in [0.717, 1.165) is 19.5 Å². The Kier molecular flexibility index (Phi) is 8.64. The number of amides is 1. The zero-order valence-corrected chi connectivity index (χ0v) is 9.73. The number of hydrogen-bond donors (Lipinski definition) is 2. The van der Waals surface area contributed by atoms with Crippen LogP contribution in [-0.4, -0.2) is 25.0 Å². The van der Waals surface area contributed by atoms with Crippen LogP contribution < -0.4 is 10.6 Å². The van der Waals surface area contributed by atoms with Crippen LogP contribution in [0.25, 0.3) is 0 Å². The molecule has 0 aromatic heterocycles. The lowest BCUT2D eigenvalue weighted by Gasteiger charge is -2.08. The molecule has 3 nitrogen and oxygen atoms in total. The minimum absolute atomic E-state index is 0.161. The van der Waals surface area contributed by atoms with Crippen molar-refractivity contribution in [1.82, 2.24) is 10.6 Å². The Morgan fingerprint density at radius 1 is 1.21 bits per heavy atom. The molecule has 0 spiro atoms. The number of unbranched alkanes of at least 4 members (excludes halogenated alkanes) is 2. The van der Waals surface area contributed by atoms with Crippen LogP contribution in [0.4, 0.5) is 0 Å². The van der Waals surface area contributed by atoms with E-state index in [9.17, 15) is 4.79 Å². The monoisotopic (exact) mass is 200 g/mol. The van der Waals surface area contributed by atoms with Gasteiger partial charge in [0, 0.05) is 25.6 Å². The maximum Gasteiger partial charge on any atom is 0.221 e. The van der Waals surface area contributed by atoms with Crippen molar-refractivity contribution in [3.8, 4) is 0 Å². The van der Waals surface area contributed by atoms with E-state index in [4.69, 9.17) is 0 Å². The fourth-order valence-corrected chi connectivity index (χ4v) is 1.17. The second kappa shape index (κ2) is 9.00. The van der Waals surface area contributed by atoms with E-state index in [1.807, 2.05) is 0 Å². The Morgan fingerprint density at radius 3 is 2.50 bits per heavy atom. The first-order valence-electron chi connectivity index (χ1n) is 5.67. The van der Waals surface area contributed by atoms with Crippen molar-refractivity contribution in [3.05, 3.63) is 0 Å². The van der Waals surface area contributed by atoms with E-state index < -0.39 is 0 Å². The van der Waals surface area contributed by atoms with Gasteiger partial charge in [0.25, 0.3) is 0 Å². The van der Waals surface area contributed by atoms with Gasteiger partial charge in [-0.2, -0.15) is 0 Å². The summed E-state index contributed by atoms with van der Waals surface area (Å²) < 4.78 is 0. The normalized spacial score (nSPS) is 10.6. The van der Waals surface area contributed by atoms with E-state index in [2.05, 4.69) is 31.4 Å². The minimum Gasteiger partial charge on any atom is -0.356 e. The van der Waals surface area contributed by atoms with E-state index in [1.54, 1.807) is 0 Å². The molecular formula is C11H24N2O. The quantitative estimate of drug-likeness (QED) is 0.585. The molecule has 3 heteroatoms. The van der Waals surface area contributed by atoms with Gasteiger partial charge in [0.15, 0.2) is 0 Å². The summed E-state index contributed by atoms with van der Waals surface area (Å²) in [5, 5.41) is 6.13. The first-order chi connectivity index (χ1) is 6.66. The predicted octanol–water partition coefficient (Wildman–Crippen LogP) is 1.68. The van der Waals surface area contributed by atoms with Crippen LogP contribution in [0.2, 0.25) is 0 Å². The van der Waals surface area contributed by atoms with Crippen molar-refractivity contribution in [2.75, 3.05) is 13.1 Å². The third-order valence-electron chi connectivity index (χ3n) is 2.01. The highest BCUT2D eigenvalue weighted by Crippen LogP contribution is 1.91. The van der Waals surface area contributed by atoms with Crippen LogP contribution in [0.3, 0.4) is 0 Å². The first kappa shape index (κ1) is 13.4. The number of carbonyl (C=O) groups excluding carboxylic acids is 1. The summed E-state index contributed by atoms with van der Waals surface area (Å²) in [4.78, 5) is 11.2. The average Bonchev–Trinajstić information content (AvgIpc) is 2.12. The molecule has 0 saturated heterocycles. The highest BCUT2D eigenvalue weighted by atomic mass is 16.1. The Balaban J connectivity index is 3.20. The van der Waals surface area contributed by atoms with Gasteiger partial charge < -0.3 is 10.6 Å². The molecule has 0 heterocycles. The number of rotatable bonds is 8. The molecule has 2 N–H and O–H groups in total. The maximum absolute atomic E-state index is 11.2. The van der Waals surface area contributed by atoms with Crippen LogP contribution in [0, 0.1) is 0 Å².